The normalized spacial score (nSPS) is 13.6. The molecule has 1 heterocycles. The number of aliphatic imine (C=N–C) groups is 1. The first-order valence-electron chi connectivity index (χ1n) is 9.98. The van der Waals surface area contributed by atoms with Gasteiger partial charge < -0.3 is 15.1 Å². The van der Waals surface area contributed by atoms with Crippen molar-refractivity contribution in [3.8, 4) is 0 Å². The minimum atomic E-state index is -4.34. The first-order chi connectivity index (χ1) is 14.2. The summed E-state index contributed by atoms with van der Waals surface area (Å²) in [5, 5.41) is 6.41. The van der Waals surface area contributed by atoms with Crippen LogP contribution in [-0.4, -0.2) is 42.5 Å². The van der Waals surface area contributed by atoms with Crippen LogP contribution in [0.2, 0.25) is 0 Å². The van der Waals surface area contributed by atoms with Gasteiger partial charge in [0.2, 0.25) is 5.89 Å². The maximum absolute atomic E-state index is 12.9. The van der Waals surface area contributed by atoms with E-state index >= 15 is 0 Å². The van der Waals surface area contributed by atoms with Crippen molar-refractivity contribution in [3.05, 3.63) is 52.7 Å². The number of guanidine groups is 1. The molecule has 1 aromatic heterocycles. The van der Waals surface area contributed by atoms with E-state index in [1.807, 2.05) is 27.7 Å². The van der Waals surface area contributed by atoms with Crippen molar-refractivity contribution in [1.29, 1.82) is 0 Å². The molecule has 0 saturated heterocycles. The van der Waals surface area contributed by atoms with Crippen LogP contribution in [0.4, 0.5) is 13.2 Å². The Morgan fingerprint density at radius 2 is 1.77 bits per heavy atom. The van der Waals surface area contributed by atoms with Crippen LogP contribution in [0.25, 0.3) is 0 Å². The fourth-order valence-corrected chi connectivity index (χ4v) is 3.20. The van der Waals surface area contributed by atoms with Crippen LogP contribution < -0.4 is 10.6 Å². The molecule has 0 saturated carbocycles. The van der Waals surface area contributed by atoms with E-state index < -0.39 is 11.7 Å². The zero-order valence-electron chi connectivity index (χ0n) is 18.1. The summed E-state index contributed by atoms with van der Waals surface area (Å²) in [4.78, 5) is 10.7. The van der Waals surface area contributed by atoms with Crippen molar-refractivity contribution in [2.45, 2.75) is 46.5 Å². The lowest BCUT2D eigenvalue weighted by Gasteiger charge is -2.31. The van der Waals surface area contributed by atoms with E-state index in [0.29, 0.717) is 24.9 Å². The lowest BCUT2D eigenvalue weighted by molar-refractivity contribution is -0.137. The first kappa shape index (κ1) is 23.7. The molecule has 0 spiro atoms. The van der Waals surface area contributed by atoms with E-state index in [-0.39, 0.29) is 6.04 Å². The van der Waals surface area contributed by atoms with Crippen LogP contribution in [0.15, 0.2) is 33.7 Å². The van der Waals surface area contributed by atoms with Crippen molar-refractivity contribution in [2.24, 2.45) is 4.99 Å². The molecule has 1 unspecified atom stereocenters. The second kappa shape index (κ2) is 10.5. The molecule has 166 valence electrons. The Bertz CT molecular complexity index is 807. The number of benzene rings is 1. The Labute approximate surface area is 175 Å². The summed E-state index contributed by atoms with van der Waals surface area (Å²) in [5.41, 5.74) is 1.01. The molecule has 0 aliphatic heterocycles. The number of alkyl halides is 3. The van der Waals surface area contributed by atoms with Crippen LogP contribution in [0.1, 0.15) is 48.4 Å². The molecule has 30 heavy (non-hydrogen) atoms. The average molecular weight is 425 g/mol. The van der Waals surface area contributed by atoms with Gasteiger partial charge in [-0.25, -0.2) is 4.98 Å². The number of nitrogens with one attached hydrogen (secondary N) is 2. The number of oxazole rings is 1. The Hall–Kier alpha value is -2.55. The number of halogens is 3. The molecule has 6 nitrogen and oxygen atoms in total. The third kappa shape index (κ3) is 6.22. The molecule has 0 aliphatic carbocycles. The summed E-state index contributed by atoms with van der Waals surface area (Å²) in [6, 6.07) is 5.24. The average Bonchev–Trinajstić information content (AvgIpc) is 3.04. The largest absolute Gasteiger partial charge is 0.444 e. The standard InChI is InChI=1S/C21H30F3N5O/c1-6-29(7-2)18(16-8-10-17(11-9-16)21(22,23)24)12-26-20(25-5)27-13-19-28-14(3)15(4)30-19/h8-11,18H,6-7,12-13H2,1-5H3,(H2,25,26,27). The molecule has 2 rings (SSSR count). The van der Waals surface area contributed by atoms with E-state index in [0.717, 1.165) is 42.2 Å². The fourth-order valence-electron chi connectivity index (χ4n) is 3.20. The van der Waals surface area contributed by atoms with Crippen molar-refractivity contribution >= 4 is 5.96 Å². The van der Waals surface area contributed by atoms with Crippen molar-refractivity contribution in [1.82, 2.24) is 20.5 Å². The summed E-state index contributed by atoms with van der Waals surface area (Å²) in [7, 11) is 1.66. The topological polar surface area (TPSA) is 65.7 Å². The number of hydrogen-bond donors (Lipinski definition) is 2. The molecular weight excluding hydrogens is 395 g/mol. The molecule has 2 N–H and O–H groups in total. The second-order valence-corrected chi connectivity index (χ2v) is 6.91. The molecule has 2 aromatic rings. The number of aromatic nitrogens is 1. The quantitative estimate of drug-likeness (QED) is 0.493. The fraction of sp³-hybridized carbons (Fsp3) is 0.524. The Balaban J connectivity index is 2.08. The lowest BCUT2D eigenvalue weighted by Crippen LogP contribution is -2.43. The van der Waals surface area contributed by atoms with Crippen molar-refractivity contribution in [3.63, 3.8) is 0 Å². The summed E-state index contributed by atoms with van der Waals surface area (Å²) in [6.45, 7) is 10.2. The number of aryl methyl sites for hydroxylation is 2. The smallest absolute Gasteiger partial charge is 0.416 e. The second-order valence-electron chi connectivity index (χ2n) is 6.91. The van der Waals surface area contributed by atoms with E-state index in [1.54, 1.807) is 19.2 Å². The van der Waals surface area contributed by atoms with Gasteiger partial charge in [0.05, 0.1) is 23.8 Å². The van der Waals surface area contributed by atoms with Crippen LogP contribution in [0, 0.1) is 13.8 Å². The highest BCUT2D eigenvalue weighted by atomic mass is 19.4. The summed E-state index contributed by atoms with van der Waals surface area (Å²) in [5.74, 6) is 1.90. The van der Waals surface area contributed by atoms with Gasteiger partial charge in [-0.15, -0.1) is 0 Å². The van der Waals surface area contributed by atoms with E-state index in [9.17, 15) is 13.2 Å². The predicted octanol–water partition coefficient (Wildman–Crippen LogP) is 4.06. The van der Waals surface area contributed by atoms with Gasteiger partial charge in [-0.2, -0.15) is 13.2 Å². The third-order valence-electron chi connectivity index (χ3n) is 5.04. The molecule has 1 atom stereocenters. The first-order valence-corrected chi connectivity index (χ1v) is 9.98. The zero-order chi connectivity index (χ0) is 22.3. The monoisotopic (exact) mass is 425 g/mol. The summed E-state index contributed by atoms with van der Waals surface area (Å²) >= 11 is 0. The van der Waals surface area contributed by atoms with Crippen molar-refractivity contribution < 1.29 is 17.6 Å². The van der Waals surface area contributed by atoms with Crippen LogP contribution >= 0.6 is 0 Å². The Morgan fingerprint density at radius 3 is 2.23 bits per heavy atom. The van der Waals surface area contributed by atoms with E-state index in [4.69, 9.17) is 4.42 Å². The SMILES string of the molecule is CCN(CC)C(CNC(=NC)NCc1nc(C)c(C)o1)c1ccc(C(F)(F)F)cc1. The number of likely N-dealkylation sites (N-methyl/N-ethyl adjacent to an activating group) is 1. The van der Waals surface area contributed by atoms with Crippen LogP contribution in [-0.2, 0) is 12.7 Å². The molecule has 0 aliphatic rings. The maximum atomic E-state index is 12.9. The maximum Gasteiger partial charge on any atom is 0.416 e. The van der Waals surface area contributed by atoms with Gasteiger partial charge in [0.15, 0.2) is 5.96 Å². The Kier molecular flexibility index (Phi) is 8.28. The minimum Gasteiger partial charge on any atom is -0.444 e. The highest BCUT2D eigenvalue weighted by Gasteiger charge is 2.30. The minimum absolute atomic E-state index is 0.105. The molecule has 0 fully saturated rings. The molecule has 9 heteroatoms. The van der Waals surface area contributed by atoms with Gasteiger partial charge in [0.25, 0.3) is 0 Å². The summed E-state index contributed by atoms with van der Waals surface area (Å²) in [6.07, 6.45) is -4.34. The van der Waals surface area contributed by atoms with E-state index in [2.05, 4.69) is 25.5 Å². The van der Waals surface area contributed by atoms with Gasteiger partial charge in [-0.1, -0.05) is 26.0 Å². The van der Waals surface area contributed by atoms with Crippen LogP contribution in [0.5, 0.6) is 0 Å². The van der Waals surface area contributed by atoms with Gasteiger partial charge in [0, 0.05) is 13.6 Å². The zero-order valence-corrected chi connectivity index (χ0v) is 18.1. The molecule has 1 aromatic carbocycles. The highest BCUT2D eigenvalue weighted by Crippen LogP contribution is 2.30. The third-order valence-corrected chi connectivity index (χ3v) is 5.04. The molecule has 0 bridgehead atoms. The number of rotatable bonds is 8. The molecule has 0 amide bonds. The van der Waals surface area contributed by atoms with E-state index in [1.165, 1.54) is 0 Å². The van der Waals surface area contributed by atoms with Crippen molar-refractivity contribution in [2.75, 3.05) is 26.7 Å². The van der Waals surface area contributed by atoms with Gasteiger partial charge in [0.1, 0.15) is 5.76 Å². The molecular formula is C21H30F3N5O. The Morgan fingerprint density at radius 1 is 1.13 bits per heavy atom. The molecule has 0 radical (unpaired) electrons. The number of nitrogens with zero attached hydrogens (tertiary/aromatic N) is 3. The van der Waals surface area contributed by atoms with Crippen LogP contribution in [0.3, 0.4) is 0 Å². The highest BCUT2D eigenvalue weighted by molar-refractivity contribution is 5.79. The lowest BCUT2D eigenvalue weighted by atomic mass is 10.0. The van der Waals surface area contributed by atoms with Gasteiger partial charge in [-0.3, -0.25) is 9.89 Å². The number of hydrogen-bond acceptors (Lipinski definition) is 4. The van der Waals surface area contributed by atoms with Gasteiger partial charge in [-0.05, 0) is 44.6 Å². The summed E-state index contributed by atoms with van der Waals surface area (Å²) < 4.78 is 44.3. The van der Waals surface area contributed by atoms with Gasteiger partial charge >= 0.3 is 6.18 Å². The predicted molar refractivity (Wildman–Crippen MR) is 111 cm³/mol.